The molecule has 0 spiro atoms. The van der Waals surface area contributed by atoms with E-state index < -0.39 is 0 Å². The van der Waals surface area contributed by atoms with E-state index in [2.05, 4.69) is 5.32 Å². The number of carbonyl (C=O) groups excluding carboxylic acids is 1. The Kier molecular flexibility index (Phi) is 4.10. The average Bonchev–Trinajstić information content (AvgIpc) is 3.20. The van der Waals surface area contributed by atoms with Crippen LogP contribution in [0, 0.1) is 0 Å². The van der Waals surface area contributed by atoms with Gasteiger partial charge in [0.25, 0.3) is 5.91 Å². The maximum atomic E-state index is 12.4. The number of benzene rings is 1. The molecule has 0 saturated heterocycles. The van der Waals surface area contributed by atoms with Gasteiger partial charge in [-0.05, 0) is 49.4 Å². The largest absolute Gasteiger partial charge is 0.469 e. The Morgan fingerprint density at radius 2 is 2.00 bits per heavy atom. The molecule has 22 heavy (non-hydrogen) atoms. The summed E-state index contributed by atoms with van der Waals surface area (Å²) in [6.07, 6.45) is 6.23. The van der Waals surface area contributed by atoms with Crippen LogP contribution in [0.1, 0.15) is 23.0 Å². The molecule has 3 rings (SSSR count). The van der Waals surface area contributed by atoms with E-state index in [4.69, 9.17) is 4.42 Å². The van der Waals surface area contributed by atoms with E-state index in [-0.39, 0.29) is 11.9 Å². The van der Waals surface area contributed by atoms with Gasteiger partial charge in [0.05, 0.1) is 6.26 Å². The normalized spacial score (nSPS) is 12.0. The number of nitrogens with zero attached hydrogens (tertiary/aromatic N) is 1. The van der Waals surface area contributed by atoms with Gasteiger partial charge >= 0.3 is 0 Å². The maximum absolute atomic E-state index is 12.4. The maximum Gasteiger partial charge on any atom is 0.251 e. The predicted molar refractivity (Wildman–Crippen MR) is 85.1 cm³/mol. The second-order valence-electron chi connectivity index (χ2n) is 5.30. The van der Waals surface area contributed by atoms with E-state index in [1.54, 1.807) is 6.26 Å². The molecule has 3 aromatic rings. The summed E-state index contributed by atoms with van der Waals surface area (Å²) in [5.74, 6) is 0.793. The zero-order valence-corrected chi connectivity index (χ0v) is 12.4. The summed E-state index contributed by atoms with van der Waals surface area (Å²) in [4.78, 5) is 12.4. The number of rotatable bonds is 5. The van der Waals surface area contributed by atoms with Crippen molar-refractivity contribution in [3.63, 3.8) is 0 Å². The van der Waals surface area contributed by atoms with E-state index >= 15 is 0 Å². The second-order valence-corrected chi connectivity index (χ2v) is 5.30. The van der Waals surface area contributed by atoms with Gasteiger partial charge in [-0.1, -0.05) is 6.07 Å². The molecule has 1 N–H and O–H groups in total. The van der Waals surface area contributed by atoms with Crippen LogP contribution in [0.25, 0.3) is 5.69 Å². The Bertz CT molecular complexity index is 730. The van der Waals surface area contributed by atoms with Crippen LogP contribution in [0.2, 0.25) is 0 Å². The molecule has 0 fully saturated rings. The summed E-state index contributed by atoms with van der Waals surface area (Å²) < 4.78 is 7.28. The standard InChI is InChI=1S/C18H18N2O2/c1-14(12-17-8-5-11-22-17)19-18(21)15-6-4-7-16(13-15)20-9-2-3-10-20/h2-11,13-14H,12H2,1H3,(H,19,21). The summed E-state index contributed by atoms with van der Waals surface area (Å²) in [6.45, 7) is 1.97. The minimum Gasteiger partial charge on any atom is -0.469 e. The van der Waals surface area contributed by atoms with Crippen molar-refractivity contribution in [3.8, 4) is 5.69 Å². The highest BCUT2D eigenvalue weighted by Crippen LogP contribution is 2.11. The van der Waals surface area contributed by atoms with Gasteiger partial charge in [0.1, 0.15) is 5.76 Å². The molecular formula is C18H18N2O2. The lowest BCUT2D eigenvalue weighted by atomic mass is 10.1. The van der Waals surface area contributed by atoms with E-state index in [1.807, 2.05) is 72.4 Å². The lowest BCUT2D eigenvalue weighted by Gasteiger charge is -2.13. The second kappa shape index (κ2) is 6.35. The van der Waals surface area contributed by atoms with Crippen LogP contribution in [0.4, 0.5) is 0 Å². The van der Waals surface area contributed by atoms with Crippen LogP contribution < -0.4 is 5.32 Å². The lowest BCUT2D eigenvalue weighted by Crippen LogP contribution is -2.34. The van der Waals surface area contributed by atoms with E-state index in [9.17, 15) is 4.79 Å². The Morgan fingerprint density at radius 3 is 2.73 bits per heavy atom. The van der Waals surface area contributed by atoms with Crippen LogP contribution in [-0.4, -0.2) is 16.5 Å². The predicted octanol–water partition coefficient (Wildman–Crippen LogP) is 3.43. The van der Waals surface area contributed by atoms with Crippen molar-refractivity contribution in [1.29, 1.82) is 0 Å². The number of hydrogen-bond acceptors (Lipinski definition) is 2. The topological polar surface area (TPSA) is 47.2 Å². The Morgan fingerprint density at radius 1 is 1.18 bits per heavy atom. The first-order chi connectivity index (χ1) is 10.7. The van der Waals surface area contributed by atoms with Crippen molar-refractivity contribution in [2.75, 3.05) is 0 Å². The third kappa shape index (κ3) is 3.28. The molecule has 4 heteroatoms. The number of aromatic nitrogens is 1. The van der Waals surface area contributed by atoms with E-state index in [0.717, 1.165) is 11.4 Å². The fourth-order valence-corrected chi connectivity index (χ4v) is 2.40. The number of furan rings is 1. The van der Waals surface area contributed by atoms with Crippen LogP contribution >= 0.6 is 0 Å². The smallest absolute Gasteiger partial charge is 0.251 e. The zero-order valence-electron chi connectivity index (χ0n) is 12.4. The molecule has 1 aromatic carbocycles. The monoisotopic (exact) mass is 294 g/mol. The molecule has 4 nitrogen and oxygen atoms in total. The Labute approximate surface area is 129 Å². The summed E-state index contributed by atoms with van der Waals surface area (Å²) in [7, 11) is 0. The Balaban J connectivity index is 1.68. The molecule has 0 aliphatic carbocycles. The van der Waals surface area contributed by atoms with Gasteiger partial charge in [-0.2, -0.15) is 0 Å². The van der Waals surface area contributed by atoms with Crippen molar-refractivity contribution in [1.82, 2.24) is 9.88 Å². The fourth-order valence-electron chi connectivity index (χ4n) is 2.40. The first kappa shape index (κ1) is 14.2. The van der Waals surface area contributed by atoms with E-state index in [1.165, 1.54) is 0 Å². The van der Waals surface area contributed by atoms with Crippen LogP contribution in [-0.2, 0) is 6.42 Å². The highest BCUT2D eigenvalue weighted by Gasteiger charge is 2.12. The van der Waals surface area contributed by atoms with Gasteiger partial charge in [0.2, 0.25) is 0 Å². The molecule has 1 amide bonds. The minimum absolute atomic E-state index is 0.00823. The van der Waals surface area contributed by atoms with Crippen molar-refractivity contribution in [2.24, 2.45) is 0 Å². The molecular weight excluding hydrogens is 276 g/mol. The molecule has 1 unspecified atom stereocenters. The van der Waals surface area contributed by atoms with Gasteiger partial charge in [0, 0.05) is 36.1 Å². The van der Waals surface area contributed by atoms with E-state index in [0.29, 0.717) is 12.0 Å². The van der Waals surface area contributed by atoms with Crippen LogP contribution in [0.3, 0.4) is 0 Å². The van der Waals surface area contributed by atoms with Crippen molar-refractivity contribution < 1.29 is 9.21 Å². The summed E-state index contributed by atoms with van der Waals surface area (Å²) in [5, 5.41) is 3.00. The van der Waals surface area contributed by atoms with Crippen LogP contribution in [0.5, 0.6) is 0 Å². The fraction of sp³-hybridized carbons (Fsp3) is 0.167. The molecule has 2 heterocycles. The first-order valence-corrected chi connectivity index (χ1v) is 7.29. The van der Waals surface area contributed by atoms with Crippen molar-refractivity contribution >= 4 is 5.91 Å². The van der Waals surface area contributed by atoms with Gasteiger partial charge < -0.3 is 14.3 Å². The third-order valence-corrected chi connectivity index (χ3v) is 3.48. The molecule has 0 aliphatic rings. The molecule has 0 bridgehead atoms. The van der Waals surface area contributed by atoms with Crippen LogP contribution in [0.15, 0.2) is 71.6 Å². The summed E-state index contributed by atoms with van der Waals surface area (Å²) in [5.41, 5.74) is 1.62. The third-order valence-electron chi connectivity index (χ3n) is 3.48. The Hall–Kier alpha value is -2.75. The quantitative estimate of drug-likeness (QED) is 0.783. The SMILES string of the molecule is CC(Cc1ccco1)NC(=O)c1cccc(-n2cccc2)c1. The molecule has 1 atom stereocenters. The van der Waals surface area contributed by atoms with Crippen molar-refractivity contribution in [2.45, 2.75) is 19.4 Å². The highest BCUT2D eigenvalue weighted by atomic mass is 16.3. The highest BCUT2D eigenvalue weighted by molar-refractivity contribution is 5.94. The van der Waals surface area contributed by atoms with Gasteiger partial charge in [-0.25, -0.2) is 0 Å². The van der Waals surface area contributed by atoms with Crippen molar-refractivity contribution in [3.05, 3.63) is 78.5 Å². The average molecular weight is 294 g/mol. The lowest BCUT2D eigenvalue weighted by molar-refractivity contribution is 0.0939. The van der Waals surface area contributed by atoms with Gasteiger partial charge in [-0.3, -0.25) is 4.79 Å². The molecule has 0 aliphatic heterocycles. The molecule has 112 valence electrons. The molecule has 0 saturated carbocycles. The first-order valence-electron chi connectivity index (χ1n) is 7.29. The number of hydrogen-bond donors (Lipinski definition) is 1. The molecule has 0 radical (unpaired) electrons. The summed E-state index contributed by atoms with van der Waals surface area (Å²) >= 11 is 0. The number of amides is 1. The van der Waals surface area contributed by atoms with Gasteiger partial charge in [0.15, 0.2) is 0 Å². The number of nitrogens with one attached hydrogen (secondary N) is 1. The molecule has 2 aromatic heterocycles. The zero-order chi connectivity index (χ0) is 15.4. The minimum atomic E-state index is -0.0759. The van der Waals surface area contributed by atoms with Gasteiger partial charge in [-0.15, -0.1) is 0 Å². The number of carbonyl (C=O) groups is 1. The summed E-state index contributed by atoms with van der Waals surface area (Å²) in [6, 6.07) is 15.3.